The van der Waals surface area contributed by atoms with Crippen molar-refractivity contribution in [2.75, 3.05) is 31.5 Å². The molecule has 1 aromatic heterocycles. The zero-order valence-corrected chi connectivity index (χ0v) is 13.7. The van der Waals surface area contributed by atoms with Crippen LogP contribution in [-0.2, 0) is 4.79 Å². The summed E-state index contributed by atoms with van der Waals surface area (Å²) in [6.07, 6.45) is 5.73. The van der Waals surface area contributed by atoms with E-state index in [1.54, 1.807) is 0 Å². The van der Waals surface area contributed by atoms with Crippen molar-refractivity contribution in [2.45, 2.75) is 44.4 Å². The van der Waals surface area contributed by atoms with Crippen LogP contribution in [0.2, 0.25) is 0 Å². The molecule has 3 heterocycles. The molecule has 1 aliphatic carbocycles. The van der Waals surface area contributed by atoms with Gasteiger partial charge in [-0.1, -0.05) is 5.16 Å². The predicted molar refractivity (Wildman–Crippen MR) is 85.4 cm³/mol. The molecule has 2 saturated heterocycles. The molecule has 3 fully saturated rings. The lowest BCUT2D eigenvalue weighted by Gasteiger charge is -2.33. The fraction of sp³-hybridized carbons (Fsp3) is 0.750. The van der Waals surface area contributed by atoms with Gasteiger partial charge in [-0.3, -0.25) is 10.1 Å². The van der Waals surface area contributed by atoms with Gasteiger partial charge in [0.15, 0.2) is 5.82 Å². The largest absolute Gasteiger partial charge is 0.328 e. The average Bonchev–Trinajstić information content (AvgIpc) is 3.11. The number of rotatable bonds is 3. The monoisotopic (exact) mass is 333 g/mol. The molecule has 0 aromatic carbocycles. The minimum Gasteiger partial charge on any atom is -0.325 e. The van der Waals surface area contributed by atoms with E-state index in [0.717, 1.165) is 38.8 Å². The van der Waals surface area contributed by atoms with Crippen molar-refractivity contribution in [3.8, 4) is 0 Å². The number of hydrogen-bond donors (Lipinski definition) is 1. The number of piperidine rings is 1. The number of hydrogen-bond acceptors (Lipinski definition) is 5. The van der Waals surface area contributed by atoms with E-state index < -0.39 is 0 Å². The Kier molecular flexibility index (Phi) is 4.12. The van der Waals surface area contributed by atoms with Crippen LogP contribution in [0.25, 0.3) is 0 Å². The first-order valence-corrected chi connectivity index (χ1v) is 8.89. The number of nitrogens with one attached hydrogen (secondary N) is 1. The van der Waals surface area contributed by atoms with Crippen LogP contribution in [0.4, 0.5) is 10.8 Å². The summed E-state index contributed by atoms with van der Waals surface area (Å²) in [6, 6.07) is 0.315. The van der Waals surface area contributed by atoms with Gasteiger partial charge >= 0.3 is 12.0 Å². The highest BCUT2D eigenvalue weighted by Crippen LogP contribution is 2.38. The van der Waals surface area contributed by atoms with Crippen molar-refractivity contribution in [2.24, 2.45) is 5.92 Å². The van der Waals surface area contributed by atoms with Crippen LogP contribution >= 0.6 is 0 Å². The molecule has 0 spiro atoms. The molecule has 1 saturated carbocycles. The van der Waals surface area contributed by atoms with Crippen molar-refractivity contribution in [3.05, 3.63) is 5.82 Å². The molecule has 0 bridgehead atoms. The molecular formula is C16H23N5O3. The van der Waals surface area contributed by atoms with Crippen LogP contribution in [0.3, 0.4) is 0 Å². The molecule has 8 nitrogen and oxygen atoms in total. The minimum absolute atomic E-state index is 0.0886. The first kappa shape index (κ1) is 15.4. The molecule has 0 unspecified atom stereocenters. The maximum absolute atomic E-state index is 12.4. The summed E-state index contributed by atoms with van der Waals surface area (Å²) in [5.41, 5.74) is 0. The number of anilines is 1. The van der Waals surface area contributed by atoms with E-state index in [1.807, 2.05) is 9.80 Å². The van der Waals surface area contributed by atoms with E-state index in [-0.39, 0.29) is 23.9 Å². The Morgan fingerprint density at radius 1 is 1.00 bits per heavy atom. The number of carbonyl (C=O) groups excluding carboxylic acids is 2. The van der Waals surface area contributed by atoms with Crippen molar-refractivity contribution >= 4 is 18.0 Å². The SMILES string of the molecule is O=C(Nc1nc(C2CC2)no1)C1CCN(C(=O)N2CCCC2)CC1. The molecule has 2 aliphatic heterocycles. The maximum Gasteiger partial charge on any atom is 0.328 e. The highest BCUT2D eigenvalue weighted by molar-refractivity contribution is 5.90. The third-order valence-electron chi connectivity index (χ3n) is 5.13. The van der Waals surface area contributed by atoms with Crippen LogP contribution < -0.4 is 5.32 Å². The predicted octanol–water partition coefficient (Wildman–Crippen LogP) is 1.81. The van der Waals surface area contributed by atoms with Gasteiger partial charge in [0.05, 0.1) is 0 Å². The van der Waals surface area contributed by atoms with Gasteiger partial charge in [0.25, 0.3) is 0 Å². The zero-order chi connectivity index (χ0) is 16.5. The standard InChI is InChI=1S/C16H23N5O3/c22-14(18-15-17-13(19-24-15)11-3-4-11)12-5-9-21(10-6-12)16(23)20-7-1-2-8-20/h11-12H,1-10H2,(H,17,18,19,22). The Hall–Kier alpha value is -2.12. The van der Waals surface area contributed by atoms with E-state index >= 15 is 0 Å². The van der Waals surface area contributed by atoms with Crippen LogP contribution in [0.15, 0.2) is 4.52 Å². The Labute approximate surface area is 140 Å². The molecule has 1 aromatic rings. The van der Waals surface area contributed by atoms with Gasteiger partial charge in [0.1, 0.15) is 0 Å². The van der Waals surface area contributed by atoms with E-state index in [9.17, 15) is 9.59 Å². The third kappa shape index (κ3) is 3.22. The molecule has 3 aliphatic rings. The minimum atomic E-state index is -0.107. The Balaban J connectivity index is 1.26. The van der Waals surface area contributed by atoms with Crippen molar-refractivity contribution in [1.29, 1.82) is 0 Å². The van der Waals surface area contributed by atoms with E-state index in [2.05, 4.69) is 15.5 Å². The smallest absolute Gasteiger partial charge is 0.325 e. The first-order chi connectivity index (χ1) is 11.7. The molecule has 0 atom stereocenters. The summed E-state index contributed by atoms with van der Waals surface area (Å²) in [4.78, 5) is 32.7. The van der Waals surface area contributed by atoms with Crippen LogP contribution in [-0.4, -0.2) is 58.1 Å². The van der Waals surface area contributed by atoms with Gasteiger partial charge in [-0.2, -0.15) is 4.98 Å². The van der Waals surface area contributed by atoms with E-state index in [4.69, 9.17) is 4.52 Å². The summed E-state index contributed by atoms with van der Waals surface area (Å²) < 4.78 is 5.09. The third-order valence-corrected chi connectivity index (χ3v) is 5.13. The topological polar surface area (TPSA) is 91.6 Å². The number of carbonyl (C=O) groups is 2. The van der Waals surface area contributed by atoms with Gasteiger partial charge in [-0.05, 0) is 38.5 Å². The average molecular weight is 333 g/mol. The van der Waals surface area contributed by atoms with Crippen LogP contribution in [0.5, 0.6) is 0 Å². The molecule has 3 amide bonds. The Morgan fingerprint density at radius 2 is 1.67 bits per heavy atom. The number of amides is 3. The zero-order valence-electron chi connectivity index (χ0n) is 13.7. The lowest BCUT2D eigenvalue weighted by molar-refractivity contribution is -0.121. The summed E-state index contributed by atoms with van der Waals surface area (Å²) in [6.45, 7) is 2.98. The Bertz CT molecular complexity index is 613. The van der Waals surface area contributed by atoms with Gasteiger partial charge in [-0.15, -0.1) is 0 Å². The fourth-order valence-corrected chi connectivity index (χ4v) is 3.44. The Morgan fingerprint density at radius 3 is 2.33 bits per heavy atom. The summed E-state index contributed by atoms with van der Waals surface area (Å²) in [7, 11) is 0. The van der Waals surface area contributed by atoms with Gasteiger partial charge in [-0.25, -0.2) is 4.79 Å². The quantitative estimate of drug-likeness (QED) is 0.911. The first-order valence-electron chi connectivity index (χ1n) is 8.89. The van der Waals surface area contributed by atoms with Crippen molar-refractivity contribution in [1.82, 2.24) is 19.9 Å². The molecule has 1 N–H and O–H groups in total. The second kappa shape index (κ2) is 6.41. The van der Waals surface area contributed by atoms with E-state index in [0.29, 0.717) is 37.7 Å². The number of nitrogens with zero attached hydrogens (tertiary/aromatic N) is 4. The molecule has 130 valence electrons. The lowest BCUT2D eigenvalue weighted by atomic mass is 9.96. The molecule has 4 rings (SSSR count). The fourth-order valence-electron chi connectivity index (χ4n) is 3.44. The molecule has 24 heavy (non-hydrogen) atoms. The number of urea groups is 1. The molecule has 8 heteroatoms. The normalized spacial score (nSPS) is 22.0. The summed E-state index contributed by atoms with van der Waals surface area (Å²) in [5.74, 6) is 0.897. The molecule has 0 radical (unpaired) electrons. The lowest BCUT2D eigenvalue weighted by Crippen LogP contribution is -2.47. The highest BCUT2D eigenvalue weighted by Gasteiger charge is 2.32. The second-order valence-corrected chi connectivity index (χ2v) is 6.96. The van der Waals surface area contributed by atoms with Crippen molar-refractivity contribution in [3.63, 3.8) is 0 Å². The van der Waals surface area contributed by atoms with Gasteiger partial charge in [0.2, 0.25) is 5.91 Å². The number of likely N-dealkylation sites (tertiary alicyclic amines) is 2. The highest BCUT2D eigenvalue weighted by atomic mass is 16.5. The van der Waals surface area contributed by atoms with Crippen LogP contribution in [0.1, 0.15) is 50.3 Å². The van der Waals surface area contributed by atoms with Gasteiger partial charge < -0.3 is 14.3 Å². The second-order valence-electron chi connectivity index (χ2n) is 6.96. The van der Waals surface area contributed by atoms with Crippen LogP contribution in [0, 0.1) is 5.92 Å². The van der Waals surface area contributed by atoms with Gasteiger partial charge in [0, 0.05) is 38.0 Å². The number of aromatic nitrogens is 2. The molecular weight excluding hydrogens is 310 g/mol. The summed E-state index contributed by atoms with van der Waals surface area (Å²) >= 11 is 0. The maximum atomic E-state index is 12.4. The van der Waals surface area contributed by atoms with E-state index in [1.165, 1.54) is 0 Å². The van der Waals surface area contributed by atoms with Crippen molar-refractivity contribution < 1.29 is 14.1 Å². The summed E-state index contributed by atoms with van der Waals surface area (Å²) in [5, 5.41) is 6.62.